The molecule has 0 aliphatic heterocycles. The van der Waals surface area contributed by atoms with Crippen molar-refractivity contribution >= 4 is 40.6 Å². The average Bonchev–Trinajstić information content (AvgIpc) is 2.77. The van der Waals surface area contributed by atoms with Crippen molar-refractivity contribution in [2.24, 2.45) is 0 Å². The molecule has 17 heavy (non-hydrogen) atoms. The van der Waals surface area contributed by atoms with Crippen molar-refractivity contribution in [2.45, 2.75) is 0 Å². The van der Waals surface area contributed by atoms with Crippen LogP contribution < -0.4 is 11.1 Å². The van der Waals surface area contributed by atoms with Gasteiger partial charge in [-0.15, -0.1) is 0 Å². The third kappa shape index (κ3) is 2.51. The van der Waals surface area contributed by atoms with E-state index in [2.05, 4.69) is 15.0 Å². The van der Waals surface area contributed by atoms with Crippen LogP contribution in [0.15, 0.2) is 29.0 Å². The lowest BCUT2D eigenvalue weighted by Gasteiger charge is -2.05. The molecule has 0 spiro atoms. The molecule has 5 nitrogen and oxygen atoms in total. The minimum Gasteiger partial charge on any atom is -0.397 e. The highest BCUT2D eigenvalue weighted by molar-refractivity contribution is 6.43. The Hall–Kier alpha value is -1.72. The van der Waals surface area contributed by atoms with E-state index in [4.69, 9.17) is 28.9 Å². The summed E-state index contributed by atoms with van der Waals surface area (Å²) in [6.45, 7) is 0. The van der Waals surface area contributed by atoms with E-state index in [0.717, 1.165) is 0 Å². The number of amides is 1. The van der Waals surface area contributed by atoms with Gasteiger partial charge in [0.05, 0.1) is 15.7 Å². The van der Waals surface area contributed by atoms with Crippen LogP contribution in [-0.2, 0) is 0 Å². The number of anilines is 2. The van der Waals surface area contributed by atoms with Crippen molar-refractivity contribution in [1.29, 1.82) is 0 Å². The summed E-state index contributed by atoms with van der Waals surface area (Å²) in [6, 6.07) is 4.37. The lowest BCUT2D eigenvalue weighted by Crippen LogP contribution is -2.12. The highest BCUT2D eigenvalue weighted by atomic mass is 35.5. The Kier molecular flexibility index (Phi) is 3.21. The molecule has 0 saturated heterocycles. The van der Waals surface area contributed by atoms with Gasteiger partial charge in [-0.2, -0.15) is 0 Å². The number of nitrogen functional groups attached to an aromatic ring is 1. The van der Waals surface area contributed by atoms with Crippen LogP contribution in [0.2, 0.25) is 10.0 Å². The number of benzene rings is 1. The van der Waals surface area contributed by atoms with Gasteiger partial charge in [0.25, 0.3) is 5.91 Å². The highest BCUT2D eigenvalue weighted by Crippen LogP contribution is 2.29. The zero-order chi connectivity index (χ0) is 12.4. The number of aromatic nitrogens is 1. The first-order valence-corrected chi connectivity index (χ1v) is 5.30. The van der Waals surface area contributed by atoms with Crippen molar-refractivity contribution in [3.05, 3.63) is 40.1 Å². The van der Waals surface area contributed by atoms with Gasteiger partial charge < -0.3 is 15.6 Å². The van der Waals surface area contributed by atoms with E-state index in [1.54, 1.807) is 0 Å². The summed E-state index contributed by atoms with van der Waals surface area (Å²) in [6.07, 6.45) is 1.35. The summed E-state index contributed by atoms with van der Waals surface area (Å²) in [5.74, 6) is -0.0937. The third-order valence-corrected chi connectivity index (χ3v) is 2.81. The van der Waals surface area contributed by atoms with Gasteiger partial charge in [-0.25, -0.2) is 0 Å². The fourth-order valence-electron chi connectivity index (χ4n) is 1.21. The number of hydrogen-bond acceptors (Lipinski definition) is 4. The first kappa shape index (κ1) is 11.8. The number of nitrogens with one attached hydrogen (secondary N) is 1. The van der Waals surface area contributed by atoms with Crippen LogP contribution in [-0.4, -0.2) is 11.1 Å². The first-order chi connectivity index (χ1) is 8.08. The van der Waals surface area contributed by atoms with Crippen LogP contribution in [0.4, 0.5) is 11.5 Å². The molecule has 1 amide bonds. The number of rotatable bonds is 2. The molecule has 7 heteroatoms. The Labute approximate surface area is 106 Å². The first-order valence-electron chi connectivity index (χ1n) is 4.54. The summed E-state index contributed by atoms with van der Waals surface area (Å²) in [5, 5.41) is 6.50. The van der Waals surface area contributed by atoms with Gasteiger partial charge in [-0.3, -0.25) is 4.79 Å². The molecule has 0 radical (unpaired) electrons. The average molecular weight is 272 g/mol. The Morgan fingerprint density at radius 2 is 2.18 bits per heavy atom. The van der Waals surface area contributed by atoms with Crippen molar-refractivity contribution in [3.63, 3.8) is 0 Å². The summed E-state index contributed by atoms with van der Waals surface area (Å²) in [4.78, 5) is 11.8. The lowest BCUT2D eigenvalue weighted by atomic mass is 10.2. The quantitative estimate of drug-likeness (QED) is 0.823. The fourth-order valence-corrected chi connectivity index (χ4v) is 1.54. The van der Waals surface area contributed by atoms with Gasteiger partial charge in [-0.1, -0.05) is 28.4 Å². The van der Waals surface area contributed by atoms with Gasteiger partial charge in [0.1, 0.15) is 6.26 Å². The van der Waals surface area contributed by atoms with Crippen LogP contribution in [0.25, 0.3) is 0 Å². The van der Waals surface area contributed by atoms with E-state index in [1.165, 1.54) is 24.5 Å². The van der Waals surface area contributed by atoms with E-state index < -0.39 is 5.91 Å². The predicted molar refractivity (Wildman–Crippen MR) is 65.3 cm³/mol. The van der Waals surface area contributed by atoms with E-state index in [9.17, 15) is 4.79 Å². The molecule has 88 valence electrons. The second-order valence-electron chi connectivity index (χ2n) is 3.20. The SMILES string of the molecule is Nc1cc(C(=O)Nc2ccon2)cc(Cl)c1Cl. The normalized spacial score (nSPS) is 10.2. The molecular weight excluding hydrogens is 265 g/mol. The zero-order valence-corrected chi connectivity index (χ0v) is 9.92. The lowest BCUT2D eigenvalue weighted by molar-refractivity contribution is 0.102. The van der Waals surface area contributed by atoms with Crippen molar-refractivity contribution < 1.29 is 9.32 Å². The predicted octanol–water partition coefficient (Wildman–Crippen LogP) is 2.82. The molecule has 0 fully saturated rings. The molecule has 1 heterocycles. The maximum Gasteiger partial charge on any atom is 0.257 e. The van der Waals surface area contributed by atoms with Gasteiger partial charge in [0.15, 0.2) is 5.82 Å². The molecule has 0 atom stereocenters. The molecule has 3 N–H and O–H groups in total. The molecular formula is C10H7Cl2N3O2. The Bertz CT molecular complexity index is 532. The Balaban J connectivity index is 2.26. The van der Waals surface area contributed by atoms with Crippen LogP contribution in [0.5, 0.6) is 0 Å². The number of carbonyl (C=O) groups excluding carboxylic acids is 1. The summed E-state index contributed by atoms with van der Waals surface area (Å²) < 4.78 is 4.58. The van der Waals surface area contributed by atoms with E-state index in [1.807, 2.05) is 0 Å². The van der Waals surface area contributed by atoms with Crippen molar-refractivity contribution in [1.82, 2.24) is 5.16 Å². The van der Waals surface area contributed by atoms with E-state index >= 15 is 0 Å². The van der Waals surface area contributed by atoms with E-state index in [-0.39, 0.29) is 15.7 Å². The van der Waals surface area contributed by atoms with Crippen LogP contribution in [0.1, 0.15) is 10.4 Å². The maximum atomic E-state index is 11.8. The molecule has 1 aromatic carbocycles. The van der Waals surface area contributed by atoms with Crippen molar-refractivity contribution in [2.75, 3.05) is 11.1 Å². The molecule has 0 aliphatic rings. The highest BCUT2D eigenvalue weighted by Gasteiger charge is 2.12. The largest absolute Gasteiger partial charge is 0.397 e. The molecule has 0 saturated carbocycles. The Morgan fingerprint density at radius 1 is 1.41 bits per heavy atom. The van der Waals surface area contributed by atoms with Gasteiger partial charge in [0.2, 0.25) is 0 Å². The van der Waals surface area contributed by atoms with Crippen LogP contribution in [0.3, 0.4) is 0 Å². The standard InChI is InChI=1S/C10H7Cl2N3O2/c11-6-3-5(4-7(13)9(6)12)10(16)14-8-1-2-17-15-8/h1-4H,13H2,(H,14,15,16). The second-order valence-corrected chi connectivity index (χ2v) is 3.99. The smallest absolute Gasteiger partial charge is 0.257 e. The minimum atomic E-state index is -0.399. The summed E-state index contributed by atoms with van der Waals surface area (Å²) in [5.41, 5.74) is 6.13. The monoisotopic (exact) mass is 271 g/mol. The van der Waals surface area contributed by atoms with Gasteiger partial charge >= 0.3 is 0 Å². The van der Waals surface area contributed by atoms with Crippen LogP contribution in [0, 0.1) is 0 Å². The maximum absolute atomic E-state index is 11.8. The van der Waals surface area contributed by atoms with Crippen molar-refractivity contribution in [3.8, 4) is 0 Å². The van der Waals surface area contributed by atoms with Gasteiger partial charge in [-0.05, 0) is 12.1 Å². The molecule has 0 bridgehead atoms. The number of carbonyl (C=O) groups is 1. The van der Waals surface area contributed by atoms with Crippen LogP contribution >= 0.6 is 23.2 Å². The Morgan fingerprint density at radius 3 is 2.76 bits per heavy atom. The minimum absolute atomic E-state index is 0.219. The second kappa shape index (κ2) is 4.65. The topological polar surface area (TPSA) is 81.2 Å². The zero-order valence-electron chi connectivity index (χ0n) is 8.41. The summed E-state index contributed by atoms with van der Waals surface area (Å²) >= 11 is 11.6. The number of hydrogen-bond donors (Lipinski definition) is 2. The van der Waals surface area contributed by atoms with Gasteiger partial charge in [0, 0.05) is 11.6 Å². The van der Waals surface area contributed by atoms with E-state index in [0.29, 0.717) is 11.4 Å². The molecule has 0 aliphatic carbocycles. The molecule has 2 aromatic rings. The summed E-state index contributed by atoms with van der Waals surface area (Å²) in [7, 11) is 0. The number of nitrogens with two attached hydrogens (primary N) is 1. The number of halogens is 2. The molecule has 2 rings (SSSR count). The third-order valence-electron chi connectivity index (χ3n) is 2.00. The molecule has 0 unspecified atom stereocenters. The number of nitrogens with zero attached hydrogens (tertiary/aromatic N) is 1. The fraction of sp³-hybridized carbons (Fsp3) is 0. The molecule has 1 aromatic heterocycles.